The summed E-state index contributed by atoms with van der Waals surface area (Å²) in [7, 11) is 0. The summed E-state index contributed by atoms with van der Waals surface area (Å²) in [5.41, 5.74) is 5.87. The van der Waals surface area contributed by atoms with E-state index in [0.717, 1.165) is 19.3 Å². The van der Waals surface area contributed by atoms with E-state index in [9.17, 15) is 8.78 Å². The molecule has 1 aromatic carbocycles. The van der Waals surface area contributed by atoms with Crippen LogP contribution in [0.2, 0.25) is 5.02 Å². The van der Waals surface area contributed by atoms with E-state index in [2.05, 4.69) is 0 Å². The molecule has 1 aliphatic rings. The zero-order chi connectivity index (χ0) is 11.1. The third kappa shape index (κ3) is 1.74. The van der Waals surface area contributed by atoms with Crippen LogP contribution >= 0.6 is 11.6 Å². The van der Waals surface area contributed by atoms with E-state index < -0.39 is 12.0 Å². The number of nitrogens with two attached hydrogens (primary N) is 1. The minimum absolute atomic E-state index is 0.0960. The first kappa shape index (κ1) is 10.8. The van der Waals surface area contributed by atoms with Gasteiger partial charge < -0.3 is 5.73 Å². The van der Waals surface area contributed by atoms with Crippen LogP contribution in [0.25, 0.3) is 0 Å². The molecule has 0 amide bonds. The van der Waals surface area contributed by atoms with Gasteiger partial charge in [-0.2, -0.15) is 0 Å². The molecule has 1 fully saturated rings. The summed E-state index contributed by atoms with van der Waals surface area (Å²) in [6.45, 7) is 0. The van der Waals surface area contributed by atoms with Crippen LogP contribution < -0.4 is 5.73 Å². The second-order valence-electron chi connectivity index (χ2n) is 4.01. The zero-order valence-corrected chi connectivity index (χ0v) is 8.90. The fourth-order valence-corrected chi connectivity index (χ4v) is 2.28. The first-order valence-electron chi connectivity index (χ1n) is 4.90. The number of rotatable bonds is 2. The van der Waals surface area contributed by atoms with Crippen molar-refractivity contribution in [3.05, 3.63) is 34.3 Å². The highest BCUT2D eigenvalue weighted by atomic mass is 35.5. The SMILES string of the molecule is NC1(c2cccc(Cl)c2C(F)F)CCC1. The van der Waals surface area contributed by atoms with Gasteiger partial charge in [0.1, 0.15) is 0 Å². The molecular formula is C11H12ClF2N. The van der Waals surface area contributed by atoms with Gasteiger partial charge in [0.2, 0.25) is 0 Å². The highest BCUT2D eigenvalue weighted by molar-refractivity contribution is 6.31. The number of hydrogen-bond donors (Lipinski definition) is 1. The summed E-state index contributed by atoms with van der Waals surface area (Å²) in [6, 6.07) is 4.82. The maximum Gasteiger partial charge on any atom is 0.265 e. The Bertz CT molecular complexity index is 375. The van der Waals surface area contributed by atoms with Gasteiger partial charge in [-0.3, -0.25) is 0 Å². The minimum atomic E-state index is -2.56. The molecule has 2 rings (SSSR count). The van der Waals surface area contributed by atoms with E-state index in [4.69, 9.17) is 17.3 Å². The van der Waals surface area contributed by atoms with Crippen LogP contribution in [-0.2, 0) is 5.54 Å². The van der Waals surface area contributed by atoms with Crippen LogP contribution in [0.3, 0.4) is 0 Å². The third-order valence-electron chi connectivity index (χ3n) is 3.05. The number of hydrogen-bond acceptors (Lipinski definition) is 1. The van der Waals surface area contributed by atoms with E-state index in [1.165, 1.54) is 6.07 Å². The van der Waals surface area contributed by atoms with Gasteiger partial charge in [0, 0.05) is 16.1 Å². The van der Waals surface area contributed by atoms with Gasteiger partial charge in [0.05, 0.1) is 0 Å². The average Bonchev–Trinajstić information content (AvgIpc) is 2.13. The van der Waals surface area contributed by atoms with Crippen molar-refractivity contribution >= 4 is 11.6 Å². The second-order valence-corrected chi connectivity index (χ2v) is 4.42. The van der Waals surface area contributed by atoms with Gasteiger partial charge in [0.25, 0.3) is 6.43 Å². The smallest absolute Gasteiger partial charge is 0.265 e. The molecule has 0 spiro atoms. The molecule has 0 aromatic heterocycles. The second kappa shape index (κ2) is 3.72. The van der Waals surface area contributed by atoms with Crippen molar-refractivity contribution in [2.75, 3.05) is 0 Å². The maximum absolute atomic E-state index is 12.8. The molecule has 1 saturated carbocycles. The molecule has 0 heterocycles. The monoisotopic (exact) mass is 231 g/mol. The lowest BCUT2D eigenvalue weighted by Gasteiger charge is -2.40. The van der Waals surface area contributed by atoms with E-state index in [1.54, 1.807) is 12.1 Å². The number of halogens is 3. The molecule has 0 radical (unpaired) electrons. The van der Waals surface area contributed by atoms with Crippen molar-refractivity contribution in [3.8, 4) is 0 Å². The number of alkyl halides is 2. The topological polar surface area (TPSA) is 26.0 Å². The Morgan fingerprint density at radius 1 is 1.33 bits per heavy atom. The molecule has 0 atom stereocenters. The lowest BCUT2D eigenvalue weighted by atomic mass is 9.71. The van der Waals surface area contributed by atoms with Crippen molar-refractivity contribution in [3.63, 3.8) is 0 Å². The molecule has 0 aliphatic heterocycles. The maximum atomic E-state index is 12.8. The van der Waals surface area contributed by atoms with Gasteiger partial charge in [-0.25, -0.2) is 8.78 Å². The van der Waals surface area contributed by atoms with Crippen LogP contribution in [0.4, 0.5) is 8.78 Å². The van der Waals surface area contributed by atoms with E-state index in [0.29, 0.717) is 5.56 Å². The van der Waals surface area contributed by atoms with Gasteiger partial charge in [-0.05, 0) is 30.9 Å². The van der Waals surface area contributed by atoms with Crippen molar-refractivity contribution in [2.24, 2.45) is 5.73 Å². The fourth-order valence-electron chi connectivity index (χ4n) is 2.02. The first-order valence-corrected chi connectivity index (χ1v) is 5.28. The van der Waals surface area contributed by atoms with Crippen LogP contribution in [0, 0.1) is 0 Å². The molecule has 4 heteroatoms. The summed E-state index contributed by atoms with van der Waals surface area (Å²) < 4.78 is 25.7. The standard InChI is InChI=1S/C11H12ClF2N/c12-8-4-1-3-7(9(8)10(13)14)11(15)5-2-6-11/h1,3-4,10H,2,5-6,15H2. The van der Waals surface area contributed by atoms with E-state index >= 15 is 0 Å². The summed E-state index contributed by atoms with van der Waals surface area (Å²) in [6.07, 6.45) is -0.0547. The predicted molar refractivity (Wildman–Crippen MR) is 56.1 cm³/mol. The molecule has 1 aromatic rings. The largest absolute Gasteiger partial charge is 0.321 e. The Balaban J connectivity index is 2.50. The lowest BCUT2D eigenvalue weighted by molar-refractivity contribution is 0.144. The quantitative estimate of drug-likeness (QED) is 0.827. The van der Waals surface area contributed by atoms with Crippen LogP contribution in [-0.4, -0.2) is 0 Å². The van der Waals surface area contributed by atoms with Gasteiger partial charge in [-0.1, -0.05) is 23.7 Å². The average molecular weight is 232 g/mol. The van der Waals surface area contributed by atoms with Crippen LogP contribution in [0.15, 0.2) is 18.2 Å². The highest BCUT2D eigenvalue weighted by Crippen LogP contribution is 2.44. The van der Waals surface area contributed by atoms with Gasteiger partial charge >= 0.3 is 0 Å². The molecule has 1 nitrogen and oxygen atoms in total. The zero-order valence-electron chi connectivity index (χ0n) is 8.14. The minimum Gasteiger partial charge on any atom is -0.321 e. The van der Waals surface area contributed by atoms with E-state index in [-0.39, 0.29) is 10.6 Å². The molecule has 0 bridgehead atoms. The highest BCUT2D eigenvalue weighted by Gasteiger charge is 2.38. The van der Waals surface area contributed by atoms with Crippen molar-refractivity contribution in [1.82, 2.24) is 0 Å². The van der Waals surface area contributed by atoms with E-state index in [1.807, 2.05) is 0 Å². The third-order valence-corrected chi connectivity index (χ3v) is 3.38. The summed E-state index contributed by atoms with van der Waals surface area (Å²) in [5, 5.41) is 0.110. The lowest BCUT2D eigenvalue weighted by Crippen LogP contribution is -2.44. The first-order chi connectivity index (χ1) is 7.04. The molecule has 1 aliphatic carbocycles. The summed E-state index contributed by atoms with van der Waals surface area (Å²) >= 11 is 5.78. The Labute approximate surface area is 92.2 Å². The molecule has 2 N–H and O–H groups in total. The Morgan fingerprint density at radius 3 is 2.47 bits per heavy atom. The van der Waals surface area contributed by atoms with Crippen LogP contribution in [0.1, 0.15) is 36.8 Å². The fraction of sp³-hybridized carbons (Fsp3) is 0.455. The summed E-state index contributed by atoms with van der Waals surface area (Å²) in [4.78, 5) is 0. The number of benzene rings is 1. The van der Waals surface area contributed by atoms with Gasteiger partial charge in [0.15, 0.2) is 0 Å². The Kier molecular flexibility index (Phi) is 2.69. The van der Waals surface area contributed by atoms with Crippen LogP contribution in [0.5, 0.6) is 0 Å². The van der Waals surface area contributed by atoms with Gasteiger partial charge in [-0.15, -0.1) is 0 Å². The molecule has 82 valence electrons. The molecule has 0 saturated heterocycles. The Hall–Kier alpha value is -0.670. The van der Waals surface area contributed by atoms with Crippen molar-refractivity contribution in [1.29, 1.82) is 0 Å². The Morgan fingerprint density at radius 2 is 2.00 bits per heavy atom. The predicted octanol–water partition coefficient (Wildman–Crippen LogP) is 3.62. The molecular weight excluding hydrogens is 220 g/mol. The summed E-state index contributed by atoms with van der Waals surface area (Å²) in [5.74, 6) is 0. The normalized spacial score (nSPS) is 19.0. The van der Waals surface area contributed by atoms with Crippen molar-refractivity contribution in [2.45, 2.75) is 31.2 Å². The van der Waals surface area contributed by atoms with Crippen molar-refractivity contribution < 1.29 is 8.78 Å². The molecule has 15 heavy (non-hydrogen) atoms. The molecule has 0 unspecified atom stereocenters.